The highest BCUT2D eigenvalue weighted by Gasteiger charge is 2.13. The number of nitro benzene ring substituents is 1. The predicted octanol–water partition coefficient (Wildman–Crippen LogP) is 3.14. The third kappa shape index (κ3) is 2.22. The molecule has 18 heavy (non-hydrogen) atoms. The number of hydrogen-bond donors (Lipinski definition) is 0. The van der Waals surface area contributed by atoms with E-state index in [-0.39, 0.29) is 11.6 Å². The molecule has 0 radical (unpaired) electrons. The first kappa shape index (κ1) is 12.6. The summed E-state index contributed by atoms with van der Waals surface area (Å²) in [6, 6.07) is 6.56. The number of non-ortho nitro benzene ring substituents is 1. The zero-order valence-corrected chi connectivity index (χ0v) is 10.8. The normalized spacial score (nSPS) is 10.6. The predicted molar refractivity (Wildman–Crippen MR) is 69.2 cm³/mol. The maximum atomic E-state index is 10.7. The molecule has 0 spiro atoms. The molecule has 2 aromatic rings. The molecular formula is C12H12ClN3O2. The molecule has 94 valence electrons. The van der Waals surface area contributed by atoms with Gasteiger partial charge in [0.2, 0.25) is 0 Å². The lowest BCUT2D eigenvalue weighted by Crippen LogP contribution is -2.03. The fourth-order valence-electron chi connectivity index (χ4n) is 1.87. The summed E-state index contributed by atoms with van der Waals surface area (Å²) in [5.74, 6) is 0.204. The van der Waals surface area contributed by atoms with E-state index in [1.807, 2.05) is 19.9 Å². The second kappa shape index (κ2) is 4.78. The molecule has 0 unspecified atom stereocenters. The van der Waals surface area contributed by atoms with Crippen LogP contribution in [0.5, 0.6) is 0 Å². The van der Waals surface area contributed by atoms with Crippen LogP contribution >= 0.6 is 11.6 Å². The Bertz CT molecular complexity index is 607. The number of benzene rings is 1. The number of rotatable bonds is 3. The maximum absolute atomic E-state index is 10.7. The molecule has 0 aliphatic heterocycles. The molecule has 1 aromatic heterocycles. The SMILES string of the molecule is Cc1cc(C)n(-c2ccc([N+](=O)[O-])cc2CCl)n1. The number of alkyl halides is 1. The van der Waals surface area contributed by atoms with E-state index in [1.165, 1.54) is 12.1 Å². The van der Waals surface area contributed by atoms with Crippen LogP contribution in [-0.2, 0) is 5.88 Å². The van der Waals surface area contributed by atoms with Crippen LogP contribution in [0.1, 0.15) is 17.0 Å². The molecule has 2 rings (SSSR count). The van der Waals surface area contributed by atoms with Crippen LogP contribution in [0, 0.1) is 24.0 Å². The van der Waals surface area contributed by atoms with Gasteiger partial charge in [-0.25, -0.2) is 4.68 Å². The van der Waals surface area contributed by atoms with E-state index in [9.17, 15) is 10.1 Å². The molecule has 1 heterocycles. The number of nitro groups is 1. The van der Waals surface area contributed by atoms with Crippen molar-refractivity contribution in [2.24, 2.45) is 0 Å². The molecule has 0 aliphatic rings. The van der Waals surface area contributed by atoms with Gasteiger partial charge in [-0.2, -0.15) is 5.10 Å². The Morgan fingerprint density at radius 3 is 2.61 bits per heavy atom. The first-order valence-electron chi connectivity index (χ1n) is 5.40. The Balaban J connectivity index is 2.58. The Labute approximate surface area is 109 Å². The van der Waals surface area contributed by atoms with Crippen LogP contribution in [0.2, 0.25) is 0 Å². The average molecular weight is 266 g/mol. The molecule has 5 nitrogen and oxygen atoms in total. The number of halogens is 1. The van der Waals surface area contributed by atoms with Gasteiger partial charge in [-0.05, 0) is 31.5 Å². The number of nitrogens with zero attached hydrogens (tertiary/aromatic N) is 3. The monoisotopic (exact) mass is 265 g/mol. The van der Waals surface area contributed by atoms with Gasteiger partial charge >= 0.3 is 0 Å². The van der Waals surface area contributed by atoms with E-state index in [1.54, 1.807) is 10.7 Å². The van der Waals surface area contributed by atoms with Crippen LogP contribution in [0.15, 0.2) is 24.3 Å². The Hall–Kier alpha value is -1.88. The molecule has 0 aliphatic carbocycles. The molecule has 0 saturated heterocycles. The lowest BCUT2D eigenvalue weighted by atomic mass is 10.1. The van der Waals surface area contributed by atoms with Crippen LogP contribution < -0.4 is 0 Å². The first-order valence-corrected chi connectivity index (χ1v) is 5.93. The summed E-state index contributed by atoms with van der Waals surface area (Å²) < 4.78 is 1.75. The van der Waals surface area contributed by atoms with E-state index in [0.717, 1.165) is 17.1 Å². The minimum Gasteiger partial charge on any atom is -0.258 e. The molecule has 0 saturated carbocycles. The third-order valence-corrected chi connectivity index (χ3v) is 2.94. The minimum atomic E-state index is -0.430. The Morgan fingerprint density at radius 2 is 2.11 bits per heavy atom. The highest BCUT2D eigenvalue weighted by atomic mass is 35.5. The Kier molecular flexibility index (Phi) is 3.34. The molecule has 0 bridgehead atoms. The third-order valence-electron chi connectivity index (χ3n) is 2.66. The number of aromatic nitrogens is 2. The van der Waals surface area contributed by atoms with Crippen molar-refractivity contribution < 1.29 is 4.92 Å². The smallest absolute Gasteiger partial charge is 0.258 e. The zero-order valence-electron chi connectivity index (χ0n) is 10.1. The van der Waals surface area contributed by atoms with Gasteiger partial charge in [0, 0.05) is 23.7 Å². The molecule has 0 N–H and O–H groups in total. The van der Waals surface area contributed by atoms with Crippen molar-refractivity contribution in [3.05, 3.63) is 51.3 Å². The zero-order chi connectivity index (χ0) is 13.3. The molecule has 0 amide bonds. The first-order chi connectivity index (χ1) is 8.52. The quantitative estimate of drug-likeness (QED) is 0.487. The highest BCUT2D eigenvalue weighted by molar-refractivity contribution is 6.17. The van der Waals surface area contributed by atoms with E-state index in [4.69, 9.17) is 11.6 Å². The standard InChI is InChI=1S/C12H12ClN3O2/c1-8-5-9(2)15(14-8)12-4-3-11(16(17)18)6-10(12)7-13/h3-6H,7H2,1-2H3. The van der Waals surface area contributed by atoms with Gasteiger partial charge < -0.3 is 0 Å². The average Bonchev–Trinajstić information content (AvgIpc) is 2.67. The molecular weight excluding hydrogens is 254 g/mol. The Morgan fingerprint density at radius 1 is 1.39 bits per heavy atom. The topological polar surface area (TPSA) is 61.0 Å². The van der Waals surface area contributed by atoms with Crippen LogP contribution in [0.4, 0.5) is 5.69 Å². The van der Waals surface area contributed by atoms with Gasteiger partial charge in [-0.15, -0.1) is 11.6 Å². The highest BCUT2D eigenvalue weighted by Crippen LogP contribution is 2.23. The second-order valence-electron chi connectivity index (χ2n) is 4.04. The van der Waals surface area contributed by atoms with Gasteiger partial charge in [-0.3, -0.25) is 10.1 Å². The van der Waals surface area contributed by atoms with Crippen LogP contribution in [0.3, 0.4) is 0 Å². The molecule has 0 fully saturated rings. The van der Waals surface area contributed by atoms with Gasteiger partial charge in [-0.1, -0.05) is 0 Å². The van der Waals surface area contributed by atoms with E-state index in [0.29, 0.717) is 5.56 Å². The summed E-state index contributed by atoms with van der Waals surface area (Å²) in [5, 5.41) is 15.1. The van der Waals surface area contributed by atoms with E-state index in [2.05, 4.69) is 5.10 Å². The van der Waals surface area contributed by atoms with Gasteiger partial charge in [0.05, 0.1) is 16.3 Å². The number of hydrogen-bond acceptors (Lipinski definition) is 3. The van der Waals surface area contributed by atoms with Crippen molar-refractivity contribution in [1.29, 1.82) is 0 Å². The number of aryl methyl sites for hydroxylation is 2. The van der Waals surface area contributed by atoms with Crippen LogP contribution in [-0.4, -0.2) is 14.7 Å². The van der Waals surface area contributed by atoms with Crippen molar-refractivity contribution in [1.82, 2.24) is 9.78 Å². The maximum Gasteiger partial charge on any atom is 0.269 e. The van der Waals surface area contributed by atoms with E-state index >= 15 is 0 Å². The van der Waals surface area contributed by atoms with Crippen molar-refractivity contribution in [2.75, 3.05) is 0 Å². The summed E-state index contributed by atoms with van der Waals surface area (Å²) in [6.45, 7) is 3.83. The van der Waals surface area contributed by atoms with Crippen molar-refractivity contribution >= 4 is 17.3 Å². The van der Waals surface area contributed by atoms with Gasteiger partial charge in [0.25, 0.3) is 5.69 Å². The fourth-order valence-corrected chi connectivity index (χ4v) is 2.09. The van der Waals surface area contributed by atoms with Crippen LogP contribution in [0.25, 0.3) is 5.69 Å². The van der Waals surface area contributed by atoms with Crippen molar-refractivity contribution in [2.45, 2.75) is 19.7 Å². The van der Waals surface area contributed by atoms with Crippen molar-refractivity contribution in [3.63, 3.8) is 0 Å². The molecule has 6 heteroatoms. The summed E-state index contributed by atoms with van der Waals surface area (Å²) in [5.41, 5.74) is 3.37. The van der Waals surface area contributed by atoms with E-state index < -0.39 is 4.92 Å². The van der Waals surface area contributed by atoms with Gasteiger partial charge in [0.1, 0.15) is 0 Å². The lowest BCUT2D eigenvalue weighted by Gasteiger charge is -2.09. The lowest BCUT2D eigenvalue weighted by molar-refractivity contribution is -0.384. The molecule has 1 aromatic carbocycles. The summed E-state index contributed by atoms with van der Waals surface area (Å²) in [4.78, 5) is 10.3. The minimum absolute atomic E-state index is 0.0379. The summed E-state index contributed by atoms with van der Waals surface area (Å²) in [7, 11) is 0. The largest absolute Gasteiger partial charge is 0.269 e. The van der Waals surface area contributed by atoms with Crippen molar-refractivity contribution in [3.8, 4) is 5.69 Å². The summed E-state index contributed by atoms with van der Waals surface area (Å²) >= 11 is 5.85. The van der Waals surface area contributed by atoms with Gasteiger partial charge in [0.15, 0.2) is 0 Å². The second-order valence-corrected chi connectivity index (χ2v) is 4.31. The summed E-state index contributed by atoms with van der Waals surface area (Å²) in [6.07, 6.45) is 0. The molecule has 0 atom stereocenters. The fraction of sp³-hybridized carbons (Fsp3) is 0.250.